The average Bonchev–Trinajstić information content (AvgIpc) is 2.32. The van der Waals surface area contributed by atoms with Crippen molar-refractivity contribution >= 4 is 12.2 Å². The van der Waals surface area contributed by atoms with Crippen molar-refractivity contribution in [2.45, 2.75) is 39.0 Å². The van der Waals surface area contributed by atoms with E-state index in [1.54, 1.807) is 0 Å². The van der Waals surface area contributed by atoms with Crippen LogP contribution in [0.5, 0.6) is 0 Å². The molecule has 1 aliphatic carbocycles. The number of hydrogen-bond acceptors (Lipinski definition) is 2. The first-order valence-corrected chi connectivity index (χ1v) is 7.24. The maximum Gasteiger partial charge on any atom is 0.133 e. The summed E-state index contributed by atoms with van der Waals surface area (Å²) in [5, 5.41) is 0. The lowest BCUT2D eigenvalue weighted by atomic mass is 9.77. The molecule has 0 spiro atoms. The van der Waals surface area contributed by atoms with Crippen molar-refractivity contribution in [1.82, 2.24) is 9.97 Å². The number of H-pyrrole nitrogens is 1. The van der Waals surface area contributed by atoms with E-state index in [1.165, 1.54) is 30.4 Å². The van der Waals surface area contributed by atoms with Gasteiger partial charge in [0, 0.05) is 11.1 Å². The SMILES string of the molecule is Cc1nc(=S)c(C)c(-c2ccccc2C2CCC2)[nH]1. The molecule has 1 aliphatic rings. The van der Waals surface area contributed by atoms with Crippen LogP contribution in [0.4, 0.5) is 0 Å². The van der Waals surface area contributed by atoms with E-state index < -0.39 is 0 Å². The Labute approximate surface area is 118 Å². The molecule has 3 rings (SSSR count). The van der Waals surface area contributed by atoms with Crippen LogP contribution in [0.1, 0.15) is 42.1 Å². The molecule has 1 heterocycles. The minimum Gasteiger partial charge on any atom is -0.343 e. The molecule has 1 aromatic heterocycles. The molecule has 1 aromatic carbocycles. The van der Waals surface area contributed by atoms with Gasteiger partial charge in [0.15, 0.2) is 0 Å². The minimum atomic E-state index is 0.703. The molecule has 98 valence electrons. The van der Waals surface area contributed by atoms with Gasteiger partial charge in [-0.05, 0) is 38.2 Å². The van der Waals surface area contributed by atoms with E-state index >= 15 is 0 Å². The summed E-state index contributed by atoms with van der Waals surface area (Å²) in [4.78, 5) is 7.73. The third-order valence-corrected chi connectivity index (χ3v) is 4.44. The van der Waals surface area contributed by atoms with Gasteiger partial charge < -0.3 is 4.98 Å². The molecule has 0 amide bonds. The topological polar surface area (TPSA) is 28.7 Å². The van der Waals surface area contributed by atoms with Gasteiger partial charge in [-0.1, -0.05) is 42.9 Å². The summed E-state index contributed by atoms with van der Waals surface area (Å²) in [6.07, 6.45) is 3.96. The van der Waals surface area contributed by atoms with Crippen LogP contribution in [0.25, 0.3) is 11.3 Å². The summed E-state index contributed by atoms with van der Waals surface area (Å²) in [6.45, 7) is 4.02. The molecule has 1 fully saturated rings. The lowest BCUT2D eigenvalue weighted by Crippen LogP contribution is -2.10. The number of rotatable bonds is 2. The summed E-state index contributed by atoms with van der Waals surface area (Å²) >= 11 is 5.35. The molecule has 19 heavy (non-hydrogen) atoms. The van der Waals surface area contributed by atoms with Gasteiger partial charge in [-0.2, -0.15) is 0 Å². The molecule has 2 nitrogen and oxygen atoms in total. The number of hydrogen-bond donors (Lipinski definition) is 1. The molecule has 0 aliphatic heterocycles. The highest BCUT2D eigenvalue weighted by Crippen LogP contribution is 2.41. The molecule has 2 aromatic rings. The van der Waals surface area contributed by atoms with Crippen molar-refractivity contribution in [2.24, 2.45) is 0 Å². The first-order chi connectivity index (χ1) is 9.16. The van der Waals surface area contributed by atoms with Crippen LogP contribution in [-0.4, -0.2) is 9.97 Å². The Morgan fingerprint density at radius 3 is 2.63 bits per heavy atom. The van der Waals surface area contributed by atoms with E-state index in [0.717, 1.165) is 17.1 Å². The second-order valence-electron chi connectivity index (χ2n) is 5.34. The molecular weight excluding hydrogens is 252 g/mol. The Bertz CT molecular complexity index is 669. The molecule has 1 N–H and O–H groups in total. The predicted octanol–water partition coefficient (Wildman–Crippen LogP) is 4.69. The van der Waals surface area contributed by atoms with Crippen LogP contribution in [0, 0.1) is 18.5 Å². The third kappa shape index (κ3) is 2.23. The first-order valence-electron chi connectivity index (χ1n) is 6.83. The van der Waals surface area contributed by atoms with Gasteiger partial charge >= 0.3 is 0 Å². The normalized spacial score (nSPS) is 15.3. The van der Waals surface area contributed by atoms with Gasteiger partial charge in [0.25, 0.3) is 0 Å². The summed E-state index contributed by atoms with van der Waals surface area (Å²) < 4.78 is 0.703. The minimum absolute atomic E-state index is 0.703. The highest BCUT2D eigenvalue weighted by atomic mass is 32.1. The monoisotopic (exact) mass is 270 g/mol. The fraction of sp³-hybridized carbons (Fsp3) is 0.375. The molecule has 0 saturated heterocycles. The second kappa shape index (κ2) is 4.89. The van der Waals surface area contributed by atoms with Crippen LogP contribution >= 0.6 is 12.2 Å². The van der Waals surface area contributed by atoms with E-state index in [-0.39, 0.29) is 0 Å². The van der Waals surface area contributed by atoms with Crippen molar-refractivity contribution < 1.29 is 0 Å². The first kappa shape index (κ1) is 12.5. The summed E-state index contributed by atoms with van der Waals surface area (Å²) in [5.74, 6) is 1.60. The highest BCUT2D eigenvalue weighted by molar-refractivity contribution is 7.71. The van der Waals surface area contributed by atoms with Crippen molar-refractivity contribution in [3.8, 4) is 11.3 Å². The predicted molar refractivity (Wildman–Crippen MR) is 80.9 cm³/mol. The maximum atomic E-state index is 5.35. The van der Waals surface area contributed by atoms with Crippen LogP contribution in [-0.2, 0) is 0 Å². The van der Waals surface area contributed by atoms with Gasteiger partial charge in [0.05, 0.1) is 5.69 Å². The molecule has 0 bridgehead atoms. The quantitative estimate of drug-likeness (QED) is 0.802. The van der Waals surface area contributed by atoms with E-state index in [2.05, 4.69) is 41.2 Å². The number of aromatic amines is 1. The standard InChI is InChI=1S/C16H18N2S/c1-10-15(17-11(2)18-16(10)19)14-9-4-3-8-13(14)12-6-5-7-12/h3-4,8-9,12H,5-7H2,1-2H3,(H,17,18,19). The van der Waals surface area contributed by atoms with Gasteiger partial charge in [0.2, 0.25) is 0 Å². The molecular formula is C16H18N2S. The Morgan fingerprint density at radius 1 is 1.21 bits per heavy atom. The summed E-state index contributed by atoms with van der Waals surface area (Å²) in [5.41, 5.74) is 4.96. The maximum absolute atomic E-state index is 5.35. The number of nitrogens with zero attached hydrogens (tertiary/aromatic N) is 1. The van der Waals surface area contributed by atoms with E-state index in [1.807, 2.05) is 6.92 Å². The zero-order valence-electron chi connectivity index (χ0n) is 11.4. The Morgan fingerprint density at radius 2 is 1.95 bits per heavy atom. The second-order valence-corrected chi connectivity index (χ2v) is 5.73. The number of benzene rings is 1. The van der Waals surface area contributed by atoms with Gasteiger partial charge in [-0.3, -0.25) is 0 Å². The van der Waals surface area contributed by atoms with Gasteiger partial charge in [-0.15, -0.1) is 0 Å². The Kier molecular flexibility index (Phi) is 3.23. The van der Waals surface area contributed by atoms with Crippen molar-refractivity contribution in [3.63, 3.8) is 0 Å². The van der Waals surface area contributed by atoms with Crippen LogP contribution < -0.4 is 0 Å². The molecule has 1 saturated carbocycles. The molecule has 3 heteroatoms. The van der Waals surface area contributed by atoms with Crippen LogP contribution in [0.2, 0.25) is 0 Å². The summed E-state index contributed by atoms with van der Waals surface area (Å²) in [7, 11) is 0. The van der Waals surface area contributed by atoms with E-state index in [9.17, 15) is 0 Å². The van der Waals surface area contributed by atoms with Gasteiger partial charge in [-0.25, -0.2) is 4.98 Å². The third-order valence-electron chi connectivity index (χ3n) is 4.05. The lowest BCUT2D eigenvalue weighted by Gasteiger charge is -2.28. The Hall–Kier alpha value is -1.48. The molecule has 0 unspecified atom stereocenters. The fourth-order valence-corrected chi connectivity index (χ4v) is 2.95. The zero-order valence-corrected chi connectivity index (χ0v) is 12.2. The molecule has 0 atom stereocenters. The van der Waals surface area contributed by atoms with Crippen molar-refractivity contribution in [2.75, 3.05) is 0 Å². The smallest absolute Gasteiger partial charge is 0.133 e. The zero-order chi connectivity index (χ0) is 13.4. The van der Waals surface area contributed by atoms with Crippen LogP contribution in [0.3, 0.4) is 0 Å². The van der Waals surface area contributed by atoms with Crippen molar-refractivity contribution in [1.29, 1.82) is 0 Å². The largest absolute Gasteiger partial charge is 0.343 e. The summed E-state index contributed by atoms with van der Waals surface area (Å²) in [6, 6.07) is 8.69. The highest BCUT2D eigenvalue weighted by Gasteiger charge is 2.23. The number of aromatic nitrogens is 2. The Balaban J connectivity index is 2.19. The van der Waals surface area contributed by atoms with Crippen molar-refractivity contribution in [3.05, 3.63) is 45.9 Å². The van der Waals surface area contributed by atoms with E-state index in [4.69, 9.17) is 12.2 Å². The number of nitrogens with one attached hydrogen (secondary N) is 1. The lowest BCUT2D eigenvalue weighted by molar-refractivity contribution is 0.420. The van der Waals surface area contributed by atoms with E-state index in [0.29, 0.717) is 10.6 Å². The average molecular weight is 270 g/mol. The van der Waals surface area contributed by atoms with Gasteiger partial charge in [0.1, 0.15) is 10.5 Å². The van der Waals surface area contributed by atoms with Crippen LogP contribution in [0.15, 0.2) is 24.3 Å². The fourth-order valence-electron chi connectivity index (χ4n) is 2.71. The number of aryl methyl sites for hydroxylation is 1. The molecule has 0 radical (unpaired) electrons.